The van der Waals surface area contributed by atoms with Crippen molar-refractivity contribution >= 4 is 0 Å². The van der Waals surface area contributed by atoms with E-state index in [1.54, 1.807) is 0 Å². The number of rotatable bonds is 7. The van der Waals surface area contributed by atoms with E-state index in [1.165, 1.54) is 0 Å². The van der Waals surface area contributed by atoms with Crippen LogP contribution in [0, 0.1) is 0 Å². The Morgan fingerprint density at radius 1 is 1.00 bits per heavy atom. The Morgan fingerprint density at radius 2 is 1.68 bits per heavy atom. The molecule has 2 aliphatic heterocycles. The van der Waals surface area contributed by atoms with Crippen LogP contribution in [-0.2, 0) is 9.84 Å². The Morgan fingerprint density at radius 3 is 2.26 bits per heavy atom. The van der Waals surface area contributed by atoms with Crippen molar-refractivity contribution < 1.29 is 9.84 Å². The molecule has 2 rings (SSSR count). The van der Waals surface area contributed by atoms with Crippen LogP contribution in [-0.4, -0.2) is 68.4 Å². The number of hydrogen-bond acceptors (Lipinski definition) is 3. The quantitative estimate of drug-likeness (QED) is 0.651. The molecule has 0 bridgehead atoms. The summed E-state index contributed by atoms with van der Waals surface area (Å²) >= 11 is 0. The smallest absolute Gasteiger partial charge is 0.110 e. The first-order valence-corrected chi connectivity index (χ1v) is 7.33. The Hall–Kier alpha value is -0.680. The SMILES string of the molecule is [O]CC(CN1CC=CCC1)OCCN1CC=CCC1. The largest absolute Gasteiger partial charge is 0.373 e. The molecular formula is C15H25N2O2. The molecule has 0 saturated carbocycles. The van der Waals surface area contributed by atoms with E-state index >= 15 is 0 Å². The lowest BCUT2D eigenvalue weighted by Gasteiger charge is -2.28. The minimum Gasteiger partial charge on any atom is -0.373 e. The number of ether oxygens (including phenoxy) is 1. The van der Waals surface area contributed by atoms with Gasteiger partial charge in [0.1, 0.15) is 6.61 Å². The predicted octanol–water partition coefficient (Wildman–Crippen LogP) is 1.33. The van der Waals surface area contributed by atoms with Crippen molar-refractivity contribution in [2.75, 3.05) is 52.5 Å². The summed E-state index contributed by atoms with van der Waals surface area (Å²) in [7, 11) is 0. The minimum absolute atomic E-state index is 0.139. The molecule has 0 aromatic carbocycles. The van der Waals surface area contributed by atoms with E-state index in [4.69, 9.17) is 4.74 Å². The Bertz CT molecular complexity index is 305. The number of nitrogens with zero attached hydrogens (tertiary/aromatic N) is 2. The van der Waals surface area contributed by atoms with Gasteiger partial charge in [0.25, 0.3) is 0 Å². The molecule has 4 heteroatoms. The summed E-state index contributed by atoms with van der Waals surface area (Å²) in [6, 6.07) is 0. The average Bonchev–Trinajstić information content (AvgIpc) is 2.48. The molecule has 0 aromatic rings. The molecular weight excluding hydrogens is 240 g/mol. The monoisotopic (exact) mass is 265 g/mol. The van der Waals surface area contributed by atoms with Crippen molar-refractivity contribution in [3.05, 3.63) is 24.3 Å². The van der Waals surface area contributed by atoms with Crippen molar-refractivity contribution in [3.8, 4) is 0 Å². The highest BCUT2D eigenvalue weighted by atomic mass is 16.5. The van der Waals surface area contributed by atoms with Gasteiger partial charge in [-0.25, -0.2) is 5.11 Å². The summed E-state index contributed by atoms with van der Waals surface area (Å²) in [4.78, 5) is 4.66. The fourth-order valence-corrected chi connectivity index (χ4v) is 2.54. The summed E-state index contributed by atoms with van der Waals surface area (Å²) in [6.45, 7) is 6.37. The molecule has 0 fully saturated rings. The van der Waals surface area contributed by atoms with Crippen LogP contribution >= 0.6 is 0 Å². The highest BCUT2D eigenvalue weighted by Gasteiger charge is 2.15. The van der Waals surface area contributed by atoms with Crippen molar-refractivity contribution in [3.63, 3.8) is 0 Å². The molecule has 1 radical (unpaired) electrons. The lowest BCUT2D eigenvalue weighted by molar-refractivity contribution is -0.0310. The second-order valence-corrected chi connectivity index (χ2v) is 5.24. The Balaban J connectivity index is 1.61. The van der Waals surface area contributed by atoms with Crippen molar-refractivity contribution in [1.29, 1.82) is 0 Å². The molecule has 19 heavy (non-hydrogen) atoms. The van der Waals surface area contributed by atoms with Gasteiger partial charge in [-0.15, -0.1) is 0 Å². The van der Waals surface area contributed by atoms with Gasteiger partial charge >= 0.3 is 0 Å². The highest BCUT2D eigenvalue weighted by Crippen LogP contribution is 2.05. The molecule has 0 amide bonds. The maximum Gasteiger partial charge on any atom is 0.110 e. The van der Waals surface area contributed by atoms with E-state index in [0.29, 0.717) is 6.61 Å². The molecule has 4 nitrogen and oxygen atoms in total. The first kappa shape index (κ1) is 14.7. The molecule has 2 heterocycles. The molecule has 0 N–H and O–H groups in total. The molecule has 1 unspecified atom stereocenters. The summed E-state index contributed by atoms with van der Waals surface area (Å²) in [5.41, 5.74) is 0. The van der Waals surface area contributed by atoms with Crippen LogP contribution in [0.2, 0.25) is 0 Å². The Kier molecular flexibility index (Phi) is 6.57. The van der Waals surface area contributed by atoms with Crippen LogP contribution in [0.1, 0.15) is 12.8 Å². The minimum atomic E-state index is -0.160. The van der Waals surface area contributed by atoms with Crippen molar-refractivity contribution in [2.45, 2.75) is 18.9 Å². The second-order valence-electron chi connectivity index (χ2n) is 5.24. The van der Waals surface area contributed by atoms with Gasteiger partial charge in [0, 0.05) is 39.3 Å². The van der Waals surface area contributed by atoms with Crippen LogP contribution in [0.3, 0.4) is 0 Å². The maximum absolute atomic E-state index is 11.2. The molecule has 2 aliphatic rings. The molecule has 0 aromatic heterocycles. The van der Waals surface area contributed by atoms with E-state index < -0.39 is 0 Å². The van der Waals surface area contributed by atoms with Gasteiger partial charge in [0.2, 0.25) is 0 Å². The molecule has 107 valence electrons. The third kappa shape index (κ3) is 5.45. The zero-order valence-electron chi connectivity index (χ0n) is 11.7. The first-order valence-electron chi connectivity index (χ1n) is 7.33. The van der Waals surface area contributed by atoms with Crippen LogP contribution in [0.5, 0.6) is 0 Å². The lowest BCUT2D eigenvalue weighted by atomic mass is 10.2. The van der Waals surface area contributed by atoms with Gasteiger partial charge in [-0.3, -0.25) is 9.80 Å². The van der Waals surface area contributed by atoms with Gasteiger partial charge in [0.05, 0.1) is 12.7 Å². The van der Waals surface area contributed by atoms with Gasteiger partial charge < -0.3 is 4.74 Å². The maximum atomic E-state index is 11.2. The molecule has 0 spiro atoms. The predicted molar refractivity (Wildman–Crippen MR) is 75.7 cm³/mol. The van der Waals surface area contributed by atoms with Gasteiger partial charge in [-0.1, -0.05) is 24.3 Å². The molecule has 0 aliphatic carbocycles. The standard InChI is InChI=1S/C15H25N2O2/c18-14-15(13-17-9-5-2-6-10-17)19-12-11-16-7-3-1-4-8-16/h1-3,5,15H,4,6-14H2. The van der Waals surface area contributed by atoms with Crippen molar-refractivity contribution in [2.24, 2.45) is 0 Å². The number of hydrogen-bond donors (Lipinski definition) is 0. The van der Waals surface area contributed by atoms with Gasteiger partial charge in [-0.05, 0) is 12.8 Å². The van der Waals surface area contributed by atoms with Crippen LogP contribution < -0.4 is 0 Å². The Labute approximate surface area is 116 Å². The summed E-state index contributed by atoms with van der Waals surface area (Å²) in [5, 5.41) is 11.2. The fraction of sp³-hybridized carbons (Fsp3) is 0.733. The highest BCUT2D eigenvalue weighted by molar-refractivity contribution is 4.92. The summed E-state index contributed by atoms with van der Waals surface area (Å²) in [6.07, 6.45) is 10.9. The second kappa shape index (κ2) is 8.48. The summed E-state index contributed by atoms with van der Waals surface area (Å²) in [5.74, 6) is 0. The fourth-order valence-electron chi connectivity index (χ4n) is 2.54. The lowest BCUT2D eigenvalue weighted by Crippen LogP contribution is -2.39. The van der Waals surface area contributed by atoms with Crippen molar-refractivity contribution in [1.82, 2.24) is 9.80 Å². The van der Waals surface area contributed by atoms with Crippen LogP contribution in [0.15, 0.2) is 24.3 Å². The molecule has 0 saturated heterocycles. The van der Waals surface area contributed by atoms with E-state index in [9.17, 15) is 5.11 Å². The topological polar surface area (TPSA) is 35.6 Å². The molecule has 1 atom stereocenters. The average molecular weight is 265 g/mol. The third-order valence-electron chi connectivity index (χ3n) is 3.69. The van der Waals surface area contributed by atoms with E-state index in [2.05, 4.69) is 34.1 Å². The van der Waals surface area contributed by atoms with Gasteiger partial charge in [0.15, 0.2) is 0 Å². The van der Waals surface area contributed by atoms with Crippen LogP contribution in [0.4, 0.5) is 0 Å². The zero-order valence-corrected chi connectivity index (χ0v) is 11.7. The zero-order chi connectivity index (χ0) is 13.3. The normalized spacial score (nSPS) is 22.8. The van der Waals surface area contributed by atoms with Crippen LogP contribution in [0.25, 0.3) is 0 Å². The third-order valence-corrected chi connectivity index (χ3v) is 3.69. The van der Waals surface area contributed by atoms with Gasteiger partial charge in [-0.2, -0.15) is 0 Å². The van der Waals surface area contributed by atoms with E-state index in [1.807, 2.05) is 0 Å². The first-order chi connectivity index (χ1) is 9.38. The van der Waals surface area contributed by atoms with E-state index in [-0.39, 0.29) is 12.7 Å². The summed E-state index contributed by atoms with van der Waals surface area (Å²) < 4.78 is 5.75. The van der Waals surface area contributed by atoms with E-state index in [0.717, 1.165) is 52.1 Å².